The van der Waals surface area contributed by atoms with Gasteiger partial charge in [-0.25, -0.2) is 24.6 Å². The Morgan fingerprint density at radius 2 is 1.22 bits per heavy atom. The van der Waals surface area contributed by atoms with E-state index in [2.05, 4.69) is 57.8 Å². The number of cyclic esters (lactones) is 1. The van der Waals surface area contributed by atoms with Crippen LogP contribution < -0.4 is 64.9 Å². The molecule has 0 spiro atoms. The highest BCUT2D eigenvalue weighted by atomic mass is 32.2. The van der Waals surface area contributed by atoms with Crippen molar-refractivity contribution in [1.82, 2.24) is 52.1 Å². The number of hydrogen-bond donors (Lipinski definition) is 12. The summed E-state index contributed by atoms with van der Waals surface area (Å²) in [5, 5.41) is 37.6. The van der Waals surface area contributed by atoms with Gasteiger partial charge in [0.05, 0.1) is 112 Å². The van der Waals surface area contributed by atoms with Crippen LogP contribution in [-0.2, 0) is 77.6 Å². The molecule has 2 fully saturated rings. The number of anilines is 1. The lowest BCUT2D eigenvalue weighted by molar-refractivity contribution is -0.188. The zero-order valence-electron chi connectivity index (χ0n) is 57.7. The zero-order valence-corrected chi connectivity index (χ0v) is 59.3. The van der Waals surface area contributed by atoms with Gasteiger partial charge in [-0.15, -0.1) is 0 Å². The number of benzene rings is 2. The van der Waals surface area contributed by atoms with Gasteiger partial charge in [0.2, 0.25) is 23.3 Å². The SMILES string of the molecule is CCc1c2c(nc3ccc(O)cc13)-c1cc3c(c(=O)n1C2)COC(=O)[C@@]3(C)OC(=O)[C@H](C)CC(=O)NCCOCCOCCNC(=O)Nc1cc(C(=O)NCCOCCNC(=O)CCCC[C@@H]2SC[C@@H]3NC(N)=N[C@@H]32)cc(C(=O)NCCOCCNC(=O)CCCC[C@@H]2SC[C@@H]3NC(N)=N[C@@H]32)c1. The van der Waals surface area contributed by atoms with Gasteiger partial charge in [-0.3, -0.25) is 33.6 Å². The molecule has 6 aliphatic heterocycles. The molecule has 0 aliphatic carbocycles. The number of aromatic hydroxyl groups is 1. The molecule has 7 amide bonds. The molecular formula is C69H93N15O16S2. The second-order valence-electron chi connectivity index (χ2n) is 25.9. The molecule has 14 N–H and O–H groups in total. The molecule has 8 atom stereocenters. The summed E-state index contributed by atoms with van der Waals surface area (Å²) in [6.45, 7) is 6.94. The fourth-order valence-electron chi connectivity index (χ4n) is 13.2. The third kappa shape index (κ3) is 19.9. The first-order valence-electron chi connectivity index (χ1n) is 34.9. The van der Waals surface area contributed by atoms with Crippen LogP contribution >= 0.6 is 23.5 Å². The number of ether oxygens (including phenoxy) is 6. The Bertz CT molecular complexity index is 3750. The molecule has 0 unspecified atom stereocenters. The first kappa shape index (κ1) is 75.9. The molecule has 0 radical (unpaired) electrons. The largest absolute Gasteiger partial charge is 0.508 e. The van der Waals surface area contributed by atoms with Crippen LogP contribution in [0.1, 0.15) is 122 Å². The second-order valence-corrected chi connectivity index (χ2v) is 28.4. The van der Waals surface area contributed by atoms with Crippen molar-refractivity contribution in [3.05, 3.63) is 86.2 Å². The molecule has 0 saturated carbocycles. The number of hydrogen-bond acceptors (Lipinski definition) is 25. The molecule has 2 saturated heterocycles. The van der Waals surface area contributed by atoms with Crippen molar-refractivity contribution in [2.45, 2.75) is 138 Å². The van der Waals surface area contributed by atoms with Crippen molar-refractivity contribution >= 4 is 99.5 Å². The Kier molecular flexibility index (Phi) is 27.1. The number of carbonyl (C=O) groups is 8. The molecular weight excluding hydrogens is 1360 g/mol. The number of phenols is 1. The van der Waals surface area contributed by atoms with Gasteiger partial charge in [0.15, 0.2) is 11.9 Å². The number of phenolic OH excluding ortho intramolecular Hbond substituents is 1. The highest BCUT2D eigenvalue weighted by Crippen LogP contribution is 2.42. The van der Waals surface area contributed by atoms with Gasteiger partial charge in [0.25, 0.3) is 17.4 Å². The summed E-state index contributed by atoms with van der Waals surface area (Å²) in [6, 6.07) is 11.1. The smallest absolute Gasteiger partial charge is 0.355 e. The molecule has 4 aromatic rings. The normalized spacial score (nSPS) is 20.6. The third-order valence-electron chi connectivity index (χ3n) is 18.4. The molecule has 0 bridgehead atoms. The number of aromatic nitrogens is 2. The molecule has 2 aromatic carbocycles. The van der Waals surface area contributed by atoms with Crippen molar-refractivity contribution in [2.24, 2.45) is 27.4 Å². The Morgan fingerprint density at radius 1 is 0.686 bits per heavy atom. The van der Waals surface area contributed by atoms with Crippen LogP contribution in [0, 0.1) is 5.92 Å². The van der Waals surface area contributed by atoms with E-state index in [9.17, 15) is 48.3 Å². The fraction of sp³-hybridized carbons (Fsp3) is 0.565. The molecule has 10 rings (SSSR count). The van der Waals surface area contributed by atoms with E-state index in [0.29, 0.717) is 83.8 Å². The first-order valence-corrected chi connectivity index (χ1v) is 37.0. The van der Waals surface area contributed by atoms with Crippen LogP contribution in [0.5, 0.6) is 5.75 Å². The minimum Gasteiger partial charge on any atom is -0.508 e. The van der Waals surface area contributed by atoms with E-state index < -0.39 is 52.8 Å². The van der Waals surface area contributed by atoms with E-state index in [1.807, 2.05) is 30.4 Å². The topological polar surface area (TPSA) is 432 Å². The lowest BCUT2D eigenvalue weighted by Gasteiger charge is -2.34. The number of thioether (sulfide) groups is 2. The maximum Gasteiger partial charge on any atom is 0.355 e. The van der Waals surface area contributed by atoms with Gasteiger partial charge in [0.1, 0.15) is 12.4 Å². The van der Waals surface area contributed by atoms with Gasteiger partial charge in [-0.1, -0.05) is 26.7 Å². The van der Waals surface area contributed by atoms with Crippen LogP contribution in [0.15, 0.2) is 57.2 Å². The molecule has 33 heteroatoms. The Hall–Kier alpha value is -8.76. The number of urea groups is 1. The zero-order chi connectivity index (χ0) is 72.3. The summed E-state index contributed by atoms with van der Waals surface area (Å²) < 4.78 is 35.4. The van der Waals surface area contributed by atoms with Gasteiger partial charge >= 0.3 is 18.0 Å². The predicted octanol–water partition coefficient (Wildman–Crippen LogP) is 1.89. The standard InChI is InChI=1S/C69H93N15O16S2/c1-4-44-45-33-43(85)13-14-49(45)79-58-46(44)35-84-52(58)34-48-47(63(84)91)36-99-65(93)69(48,3)100-64(92)39(2)29-57(88)74-17-23-97-27-28-98-26-20-77-68(94)78-42-31-40(61(89)75-18-24-95-21-15-72-55(86)11-7-5-9-53-59-50(37-101-53)80-66(70)82-59)30-41(32-42)62(90)76-19-25-96-22-16-73-56(87)12-8-6-10-54-60-51(38-102-54)81-67(71)83-60/h13-14,30-34,39,50-51,53-54,59-60,85H,4-12,15-29,35-38H2,1-3H3,(H,72,86)(H,73,87)(H,74,88)(H,75,89)(H,76,90)(H3,70,80,82)(H3,71,81,83)(H2,77,78,94)/t39-,50+,51+,53+,54+,59+,60+,69+/m1/s1. The van der Waals surface area contributed by atoms with E-state index in [1.165, 1.54) is 38.1 Å². The number of aryl methyl sites for hydroxylation is 1. The molecule has 552 valence electrons. The highest BCUT2D eigenvalue weighted by Gasteiger charge is 2.49. The van der Waals surface area contributed by atoms with Crippen molar-refractivity contribution in [2.75, 3.05) is 109 Å². The summed E-state index contributed by atoms with van der Waals surface area (Å²) in [6.07, 6.45) is 6.39. The van der Waals surface area contributed by atoms with Crippen molar-refractivity contribution in [3.63, 3.8) is 0 Å². The van der Waals surface area contributed by atoms with Crippen LogP contribution in [0.2, 0.25) is 0 Å². The molecule has 2 aromatic heterocycles. The van der Waals surface area contributed by atoms with E-state index in [-0.39, 0.29) is 156 Å². The number of guanidine groups is 2. The lowest BCUT2D eigenvalue weighted by atomic mass is 9.89. The number of aliphatic imine (C=N–C) groups is 2. The monoisotopic (exact) mass is 1450 g/mol. The second kappa shape index (κ2) is 36.4. The minimum absolute atomic E-state index is 0.0666. The maximum atomic E-state index is 14.0. The quantitative estimate of drug-likeness (QED) is 0.0197. The predicted molar refractivity (Wildman–Crippen MR) is 383 cm³/mol. The van der Waals surface area contributed by atoms with Crippen molar-refractivity contribution in [3.8, 4) is 17.1 Å². The van der Waals surface area contributed by atoms with E-state index in [1.54, 1.807) is 22.8 Å². The van der Waals surface area contributed by atoms with Crippen LogP contribution in [0.3, 0.4) is 0 Å². The number of carbonyl (C=O) groups excluding carboxylic acids is 8. The van der Waals surface area contributed by atoms with E-state index in [0.717, 1.165) is 66.5 Å². The Labute approximate surface area is 598 Å². The summed E-state index contributed by atoms with van der Waals surface area (Å²) >= 11 is 3.79. The third-order valence-corrected chi connectivity index (χ3v) is 21.4. The molecule has 31 nitrogen and oxygen atoms in total. The number of fused-ring (bicyclic) bond motifs is 7. The van der Waals surface area contributed by atoms with E-state index in [4.69, 9.17) is 44.9 Å². The molecule has 102 heavy (non-hydrogen) atoms. The van der Waals surface area contributed by atoms with Gasteiger partial charge in [0, 0.05) is 114 Å². The van der Waals surface area contributed by atoms with Gasteiger partial charge in [-0.2, -0.15) is 23.5 Å². The fourth-order valence-corrected chi connectivity index (χ4v) is 16.2. The average Bonchev–Trinajstić information content (AvgIpc) is 1.65. The number of nitrogens with one attached hydrogen (secondary N) is 9. The van der Waals surface area contributed by atoms with Crippen molar-refractivity contribution < 1.29 is 71.9 Å². The highest BCUT2D eigenvalue weighted by molar-refractivity contribution is 8.00. The number of nitrogens with two attached hydrogens (primary N) is 2. The van der Waals surface area contributed by atoms with Crippen LogP contribution in [0.25, 0.3) is 22.3 Å². The maximum absolute atomic E-state index is 14.0. The van der Waals surface area contributed by atoms with Crippen LogP contribution in [-0.4, -0.2) is 212 Å². The number of pyridine rings is 2. The van der Waals surface area contributed by atoms with E-state index >= 15 is 0 Å². The molecule has 8 heterocycles. The summed E-state index contributed by atoms with van der Waals surface area (Å²) in [4.78, 5) is 133. The number of unbranched alkanes of at least 4 members (excludes halogenated alkanes) is 2. The minimum atomic E-state index is -2.01. The number of amides is 7. The van der Waals surface area contributed by atoms with Gasteiger partial charge < -0.3 is 97.4 Å². The first-order chi connectivity index (χ1) is 49.3. The van der Waals surface area contributed by atoms with Crippen molar-refractivity contribution in [1.29, 1.82) is 0 Å². The number of rotatable bonds is 39. The average molecular weight is 1450 g/mol. The number of nitrogens with zero attached hydrogens (tertiary/aromatic N) is 4. The summed E-state index contributed by atoms with van der Waals surface area (Å²) in [5.41, 5.74) is 13.3. The van der Waals surface area contributed by atoms with Gasteiger partial charge in [-0.05, 0) is 87.1 Å². The number of esters is 2. The van der Waals surface area contributed by atoms with Crippen LogP contribution in [0.4, 0.5) is 10.5 Å². The summed E-state index contributed by atoms with van der Waals surface area (Å²) in [7, 11) is 0. The Balaban J connectivity index is 0.605. The molecule has 6 aliphatic rings. The Morgan fingerprint density at radius 3 is 1.77 bits per heavy atom. The summed E-state index contributed by atoms with van der Waals surface area (Å²) in [5.74, 6) is -1.36. The lowest BCUT2D eigenvalue weighted by Crippen LogP contribution is -2.46.